The molecule has 1 amide bonds. The monoisotopic (exact) mass is 386 g/mol. The summed E-state index contributed by atoms with van der Waals surface area (Å²) >= 11 is 0. The van der Waals surface area contributed by atoms with Crippen molar-refractivity contribution in [1.82, 2.24) is 15.3 Å². The van der Waals surface area contributed by atoms with E-state index in [-0.39, 0.29) is 11.8 Å². The van der Waals surface area contributed by atoms with Gasteiger partial charge in [-0.1, -0.05) is 60.2 Å². The summed E-state index contributed by atoms with van der Waals surface area (Å²) in [5.41, 5.74) is 3.34. The lowest BCUT2D eigenvalue weighted by Gasteiger charge is -2.33. The van der Waals surface area contributed by atoms with Crippen LogP contribution in [0.4, 0.5) is 5.82 Å². The van der Waals surface area contributed by atoms with E-state index in [1.165, 1.54) is 5.56 Å². The van der Waals surface area contributed by atoms with E-state index in [0.717, 1.165) is 36.3 Å². The highest BCUT2D eigenvalue weighted by atomic mass is 16.1. The topological polar surface area (TPSA) is 58.1 Å². The summed E-state index contributed by atoms with van der Waals surface area (Å²) in [6.07, 6.45) is 3.69. The fourth-order valence-electron chi connectivity index (χ4n) is 3.81. The van der Waals surface area contributed by atoms with Gasteiger partial charge in [-0.15, -0.1) is 0 Å². The maximum absolute atomic E-state index is 12.8. The first-order valence-electron chi connectivity index (χ1n) is 10.2. The third-order valence-electron chi connectivity index (χ3n) is 5.34. The minimum atomic E-state index is -0.0244. The lowest BCUT2D eigenvalue weighted by atomic mass is 9.97. The van der Waals surface area contributed by atoms with Crippen LogP contribution in [0.15, 0.2) is 66.9 Å². The molecule has 0 aliphatic carbocycles. The van der Waals surface area contributed by atoms with Crippen molar-refractivity contribution in [3.05, 3.63) is 78.0 Å². The van der Waals surface area contributed by atoms with Crippen LogP contribution >= 0.6 is 0 Å². The molecule has 2 heterocycles. The second-order valence-electron chi connectivity index (χ2n) is 7.60. The van der Waals surface area contributed by atoms with Crippen LogP contribution in [0.5, 0.6) is 0 Å². The number of hydrogen-bond acceptors (Lipinski definition) is 4. The molecule has 148 valence electrons. The fraction of sp³-hybridized carbons (Fsp3) is 0.292. The smallest absolute Gasteiger partial charge is 0.225 e. The van der Waals surface area contributed by atoms with E-state index in [4.69, 9.17) is 4.98 Å². The van der Waals surface area contributed by atoms with Gasteiger partial charge in [0.1, 0.15) is 5.82 Å². The highest BCUT2D eigenvalue weighted by Gasteiger charge is 2.26. The molecule has 29 heavy (non-hydrogen) atoms. The van der Waals surface area contributed by atoms with Gasteiger partial charge in [0.2, 0.25) is 5.91 Å². The number of benzene rings is 2. The first kappa shape index (κ1) is 19.1. The Kier molecular flexibility index (Phi) is 5.84. The van der Waals surface area contributed by atoms with Gasteiger partial charge in [0.25, 0.3) is 0 Å². The highest BCUT2D eigenvalue weighted by molar-refractivity contribution is 5.79. The minimum absolute atomic E-state index is 0.0244. The Bertz CT molecular complexity index is 973. The number of hydrogen-bond donors (Lipinski definition) is 1. The van der Waals surface area contributed by atoms with Crippen LogP contribution in [0.1, 0.15) is 24.0 Å². The number of rotatable bonds is 5. The predicted molar refractivity (Wildman–Crippen MR) is 115 cm³/mol. The molecule has 0 radical (unpaired) electrons. The Morgan fingerprint density at radius 3 is 2.83 bits per heavy atom. The molecule has 0 saturated carbocycles. The molecule has 1 N–H and O–H groups in total. The molecule has 1 fully saturated rings. The molecule has 3 aromatic rings. The Hall–Kier alpha value is -3.21. The molecule has 5 heteroatoms. The first-order chi connectivity index (χ1) is 14.2. The molecule has 1 unspecified atom stereocenters. The second kappa shape index (κ2) is 8.86. The molecule has 1 aromatic heterocycles. The van der Waals surface area contributed by atoms with Gasteiger partial charge in [0.05, 0.1) is 5.92 Å². The number of piperidine rings is 1. The largest absolute Gasteiger partial charge is 0.356 e. The van der Waals surface area contributed by atoms with Crippen molar-refractivity contribution in [3.8, 4) is 11.4 Å². The molecule has 0 spiro atoms. The molecule has 2 aromatic carbocycles. The van der Waals surface area contributed by atoms with Gasteiger partial charge in [0, 0.05) is 31.4 Å². The maximum atomic E-state index is 12.8. The highest BCUT2D eigenvalue weighted by Crippen LogP contribution is 2.24. The zero-order chi connectivity index (χ0) is 20.1. The summed E-state index contributed by atoms with van der Waals surface area (Å²) in [7, 11) is 0. The van der Waals surface area contributed by atoms with Gasteiger partial charge in [-0.2, -0.15) is 0 Å². The Balaban J connectivity index is 1.41. The number of anilines is 1. The van der Waals surface area contributed by atoms with Crippen LogP contribution in [0.25, 0.3) is 11.4 Å². The standard InChI is InChI=1S/C24H26N4O/c1-18-7-5-8-19(15-18)16-26-24(29)21-11-6-14-28(17-21)22-12-13-25-23(27-22)20-9-3-2-4-10-20/h2-5,7-10,12-13,15,21H,6,11,14,16-17H2,1H3,(H,26,29). The summed E-state index contributed by atoms with van der Waals surface area (Å²) in [5.74, 6) is 1.70. The summed E-state index contributed by atoms with van der Waals surface area (Å²) in [6, 6.07) is 20.2. The van der Waals surface area contributed by atoms with Crippen molar-refractivity contribution in [1.29, 1.82) is 0 Å². The van der Waals surface area contributed by atoms with Crippen molar-refractivity contribution < 1.29 is 4.79 Å². The van der Waals surface area contributed by atoms with E-state index >= 15 is 0 Å². The summed E-state index contributed by atoms with van der Waals surface area (Å²) in [6.45, 7) is 4.23. The van der Waals surface area contributed by atoms with E-state index in [1.807, 2.05) is 48.5 Å². The van der Waals surface area contributed by atoms with Gasteiger partial charge >= 0.3 is 0 Å². The van der Waals surface area contributed by atoms with E-state index < -0.39 is 0 Å². The van der Waals surface area contributed by atoms with Gasteiger partial charge < -0.3 is 10.2 Å². The number of carbonyl (C=O) groups is 1. The van der Waals surface area contributed by atoms with Crippen molar-refractivity contribution in [2.24, 2.45) is 5.92 Å². The average molecular weight is 386 g/mol. The Morgan fingerprint density at radius 2 is 2.00 bits per heavy atom. The van der Waals surface area contributed by atoms with Crippen LogP contribution < -0.4 is 10.2 Å². The molecular weight excluding hydrogens is 360 g/mol. The van der Waals surface area contributed by atoms with E-state index in [0.29, 0.717) is 18.9 Å². The van der Waals surface area contributed by atoms with Gasteiger partial charge in [-0.3, -0.25) is 4.79 Å². The zero-order valence-corrected chi connectivity index (χ0v) is 16.7. The predicted octanol–water partition coefficient (Wildman–Crippen LogP) is 3.98. The number of nitrogens with one attached hydrogen (secondary N) is 1. The van der Waals surface area contributed by atoms with Crippen LogP contribution in [-0.2, 0) is 11.3 Å². The summed E-state index contributed by atoms with van der Waals surface area (Å²) < 4.78 is 0. The van der Waals surface area contributed by atoms with Crippen molar-refractivity contribution in [2.75, 3.05) is 18.0 Å². The van der Waals surface area contributed by atoms with Crippen LogP contribution in [0.3, 0.4) is 0 Å². The molecule has 1 saturated heterocycles. The minimum Gasteiger partial charge on any atom is -0.356 e. The van der Waals surface area contributed by atoms with E-state index in [1.54, 1.807) is 6.20 Å². The van der Waals surface area contributed by atoms with Gasteiger partial charge in [0.15, 0.2) is 5.82 Å². The van der Waals surface area contributed by atoms with Crippen LogP contribution in [0.2, 0.25) is 0 Å². The first-order valence-corrected chi connectivity index (χ1v) is 10.2. The van der Waals surface area contributed by atoms with Crippen molar-refractivity contribution >= 4 is 11.7 Å². The van der Waals surface area contributed by atoms with Gasteiger partial charge in [-0.05, 0) is 31.4 Å². The number of aromatic nitrogens is 2. The SMILES string of the molecule is Cc1cccc(CNC(=O)C2CCCN(c3ccnc(-c4ccccc4)n3)C2)c1. The Morgan fingerprint density at radius 1 is 1.14 bits per heavy atom. The maximum Gasteiger partial charge on any atom is 0.225 e. The lowest BCUT2D eigenvalue weighted by molar-refractivity contribution is -0.125. The molecule has 1 aliphatic heterocycles. The number of nitrogens with zero attached hydrogens (tertiary/aromatic N) is 3. The third kappa shape index (κ3) is 4.80. The normalized spacial score (nSPS) is 16.4. The van der Waals surface area contributed by atoms with Crippen molar-refractivity contribution in [3.63, 3.8) is 0 Å². The van der Waals surface area contributed by atoms with Crippen molar-refractivity contribution in [2.45, 2.75) is 26.3 Å². The molecule has 1 aliphatic rings. The number of amides is 1. The number of carbonyl (C=O) groups excluding carboxylic acids is 1. The van der Waals surface area contributed by atoms with Crippen LogP contribution in [0, 0.1) is 12.8 Å². The fourth-order valence-corrected chi connectivity index (χ4v) is 3.81. The van der Waals surface area contributed by atoms with E-state index in [9.17, 15) is 4.79 Å². The molecular formula is C24H26N4O. The average Bonchev–Trinajstić information content (AvgIpc) is 2.78. The van der Waals surface area contributed by atoms with Gasteiger partial charge in [-0.25, -0.2) is 9.97 Å². The second-order valence-corrected chi connectivity index (χ2v) is 7.60. The molecule has 4 rings (SSSR count). The lowest BCUT2D eigenvalue weighted by Crippen LogP contribution is -2.43. The number of aryl methyl sites for hydroxylation is 1. The third-order valence-corrected chi connectivity index (χ3v) is 5.34. The van der Waals surface area contributed by atoms with E-state index in [2.05, 4.69) is 34.3 Å². The quantitative estimate of drug-likeness (QED) is 0.720. The zero-order valence-electron chi connectivity index (χ0n) is 16.7. The molecule has 1 atom stereocenters. The van der Waals surface area contributed by atoms with Crippen LogP contribution in [-0.4, -0.2) is 29.0 Å². The molecule has 0 bridgehead atoms. The Labute approximate surface area is 171 Å². The molecule has 5 nitrogen and oxygen atoms in total. The summed E-state index contributed by atoms with van der Waals surface area (Å²) in [4.78, 5) is 24.1. The summed E-state index contributed by atoms with van der Waals surface area (Å²) in [5, 5.41) is 3.11.